The number of methoxy groups -OCH3 is 1. The zero-order valence-electron chi connectivity index (χ0n) is 9.73. The maximum absolute atomic E-state index is 12.9. The summed E-state index contributed by atoms with van der Waals surface area (Å²) in [7, 11) is 1.40. The molecule has 1 aromatic rings. The molecule has 1 unspecified atom stereocenters. The zero-order valence-corrected chi connectivity index (χ0v) is 9.73. The molecular weight excluding hydrogens is 223 g/mol. The van der Waals surface area contributed by atoms with E-state index in [9.17, 15) is 9.18 Å². The lowest BCUT2D eigenvalue weighted by Gasteiger charge is -2.15. The Bertz CT molecular complexity index is 411. The summed E-state index contributed by atoms with van der Waals surface area (Å²) in [6.45, 7) is 2.12. The highest BCUT2D eigenvalue weighted by atomic mass is 19.1. The number of carbonyl (C=O) groups is 1. The molecule has 0 bridgehead atoms. The van der Waals surface area contributed by atoms with Gasteiger partial charge in [-0.25, -0.2) is 4.39 Å². The molecule has 0 aliphatic carbocycles. The predicted octanol–water partition coefficient (Wildman–Crippen LogP) is 1.22. The van der Waals surface area contributed by atoms with Crippen LogP contribution in [-0.2, 0) is 16.1 Å². The lowest BCUT2D eigenvalue weighted by molar-refractivity contribution is -0.144. The molecule has 1 fully saturated rings. The van der Waals surface area contributed by atoms with Gasteiger partial charge in [-0.05, 0) is 24.6 Å². The lowest BCUT2D eigenvalue weighted by Crippen LogP contribution is -2.23. The summed E-state index contributed by atoms with van der Waals surface area (Å²) >= 11 is 0. The molecule has 0 spiro atoms. The molecule has 0 amide bonds. The molecule has 92 valence electrons. The fraction of sp³-hybridized carbons (Fsp3) is 0.500. The standard InChI is InChI=1S/C12H15FN2O2/c1-17-12(16)10-2-3-15(8-10)7-9-4-11(13)6-14-5-9/h4-6,10H,2-3,7-8H2,1H3. The molecule has 1 aliphatic rings. The van der Waals surface area contributed by atoms with E-state index in [1.54, 1.807) is 6.20 Å². The quantitative estimate of drug-likeness (QED) is 0.742. The third-order valence-electron chi connectivity index (χ3n) is 2.97. The highest BCUT2D eigenvalue weighted by molar-refractivity contribution is 5.72. The number of rotatable bonds is 3. The van der Waals surface area contributed by atoms with Crippen molar-refractivity contribution in [3.8, 4) is 0 Å². The van der Waals surface area contributed by atoms with Crippen molar-refractivity contribution in [3.05, 3.63) is 29.8 Å². The fourth-order valence-electron chi connectivity index (χ4n) is 2.14. The summed E-state index contributed by atoms with van der Waals surface area (Å²) in [6, 6.07) is 1.47. The van der Waals surface area contributed by atoms with Crippen molar-refractivity contribution in [3.63, 3.8) is 0 Å². The van der Waals surface area contributed by atoms with Gasteiger partial charge in [0.05, 0.1) is 19.2 Å². The maximum Gasteiger partial charge on any atom is 0.310 e. The normalized spacial score (nSPS) is 20.5. The van der Waals surface area contributed by atoms with E-state index in [-0.39, 0.29) is 17.7 Å². The molecule has 0 saturated carbocycles. The Morgan fingerprint density at radius 3 is 3.18 bits per heavy atom. The number of carbonyl (C=O) groups excluding carboxylic acids is 1. The smallest absolute Gasteiger partial charge is 0.310 e. The number of hydrogen-bond donors (Lipinski definition) is 0. The lowest BCUT2D eigenvalue weighted by atomic mass is 10.1. The van der Waals surface area contributed by atoms with Crippen LogP contribution in [0.2, 0.25) is 0 Å². The topological polar surface area (TPSA) is 42.4 Å². The first-order valence-corrected chi connectivity index (χ1v) is 5.58. The van der Waals surface area contributed by atoms with Crippen LogP contribution in [0.5, 0.6) is 0 Å². The summed E-state index contributed by atoms with van der Waals surface area (Å²) in [5.41, 5.74) is 0.829. The van der Waals surface area contributed by atoms with Gasteiger partial charge in [-0.2, -0.15) is 0 Å². The molecule has 17 heavy (non-hydrogen) atoms. The summed E-state index contributed by atoms with van der Waals surface area (Å²) < 4.78 is 17.7. The van der Waals surface area contributed by atoms with E-state index >= 15 is 0 Å². The van der Waals surface area contributed by atoms with Crippen LogP contribution >= 0.6 is 0 Å². The van der Waals surface area contributed by atoms with E-state index in [4.69, 9.17) is 4.74 Å². The number of halogens is 1. The number of aromatic nitrogens is 1. The molecule has 2 rings (SSSR count). The second-order valence-electron chi connectivity index (χ2n) is 4.26. The Morgan fingerprint density at radius 1 is 1.65 bits per heavy atom. The molecule has 4 nitrogen and oxygen atoms in total. The van der Waals surface area contributed by atoms with Crippen molar-refractivity contribution in [1.82, 2.24) is 9.88 Å². The van der Waals surface area contributed by atoms with E-state index in [1.807, 2.05) is 0 Å². The Labute approximate surface area is 99.4 Å². The second-order valence-corrected chi connectivity index (χ2v) is 4.26. The van der Waals surface area contributed by atoms with Crippen LogP contribution in [0.4, 0.5) is 4.39 Å². The van der Waals surface area contributed by atoms with Gasteiger partial charge in [0.1, 0.15) is 5.82 Å². The van der Waals surface area contributed by atoms with Gasteiger partial charge in [0.2, 0.25) is 0 Å². The van der Waals surface area contributed by atoms with Crippen LogP contribution in [-0.4, -0.2) is 36.1 Å². The van der Waals surface area contributed by atoms with Gasteiger partial charge in [-0.3, -0.25) is 14.7 Å². The molecule has 1 atom stereocenters. The van der Waals surface area contributed by atoms with E-state index in [0.29, 0.717) is 13.1 Å². The summed E-state index contributed by atoms with van der Waals surface area (Å²) in [5, 5.41) is 0. The van der Waals surface area contributed by atoms with E-state index < -0.39 is 0 Å². The van der Waals surface area contributed by atoms with E-state index in [2.05, 4.69) is 9.88 Å². The van der Waals surface area contributed by atoms with E-state index in [1.165, 1.54) is 19.4 Å². The molecule has 5 heteroatoms. The fourth-order valence-corrected chi connectivity index (χ4v) is 2.14. The Hall–Kier alpha value is -1.49. The largest absolute Gasteiger partial charge is 0.469 e. The first kappa shape index (κ1) is 12.0. The minimum atomic E-state index is -0.328. The molecule has 0 N–H and O–H groups in total. The van der Waals surface area contributed by atoms with Crippen LogP contribution < -0.4 is 0 Å². The minimum absolute atomic E-state index is 0.0541. The van der Waals surface area contributed by atoms with Crippen molar-refractivity contribution in [2.75, 3.05) is 20.2 Å². The van der Waals surface area contributed by atoms with Gasteiger partial charge in [-0.1, -0.05) is 0 Å². The summed E-state index contributed by atoms with van der Waals surface area (Å²) in [5.74, 6) is -0.544. The molecule has 1 saturated heterocycles. The molecule has 1 aromatic heterocycles. The van der Waals surface area contributed by atoms with Gasteiger partial charge < -0.3 is 4.74 Å². The van der Waals surface area contributed by atoms with Gasteiger partial charge in [0.25, 0.3) is 0 Å². The molecule has 2 heterocycles. The third kappa shape index (κ3) is 3.00. The number of pyridine rings is 1. The first-order valence-electron chi connectivity index (χ1n) is 5.58. The number of ether oxygens (including phenoxy) is 1. The highest BCUT2D eigenvalue weighted by Crippen LogP contribution is 2.19. The Kier molecular flexibility index (Phi) is 3.68. The van der Waals surface area contributed by atoms with Crippen LogP contribution in [0.15, 0.2) is 18.5 Å². The van der Waals surface area contributed by atoms with Gasteiger partial charge in [0, 0.05) is 19.3 Å². The van der Waals surface area contributed by atoms with Crippen LogP contribution in [0.25, 0.3) is 0 Å². The first-order chi connectivity index (χ1) is 8.19. The second kappa shape index (κ2) is 5.23. The Balaban J connectivity index is 1.92. The van der Waals surface area contributed by atoms with Crippen LogP contribution in [0.1, 0.15) is 12.0 Å². The number of likely N-dealkylation sites (tertiary alicyclic amines) is 1. The number of esters is 1. The molecule has 0 aromatic carbocycles. The molecule has 0 radical (unpaired) electrons. The average molecular weight is 238 g/mol. The van der Waals surface area contributed by atoms with Crippen molar-refractivity contribution in [2.45, 2.75) is 13.0 Å². The maximum atomic E-state index is 12.9. The van der Waals surface area contributed by atoms with Crippen LogP contribution in [0.3, 0.4) is 0 Å². The van der Waals surface area contributed by atoms with Crippen molar-refractivity contribution >= 4 is 5.97 Å². The summed E-state index contributed by atoms with van der Waals surface area (Å²) in [4.78, 5) is 17.3. The average Bonchev–Trinajstić information content (AvgIpc) is 2.76. The number of nitrogens with zero attached hydrogens (tertiary/aromatic N) is 2. The third-order valence-corrected chi connectivity index (χ3v) is 2.97. The predicted molar refractivity (Wildman–Crippen MR) is 59.6 cm³/mol. The Morgan fingerprint density at radius 2 is 2.47 bits per heavy atom. The minimum Gasteiger partial charge on any atom is -0.469 e. The number of hydrogen-bond acceptors (Lipinski definition) is 4. The molecular formula is C12H15FN2O2. The van der Waals surface area contributed by atoms with Crippen molar-refractivity contribution in [2.24, 2.45) is 5.92 Å². The highest BCUT2D eigenvalue weighted by Gasteiger charge is 2.28. The monoisotopic (exact) mass is 238 g/mol. The van der Waals surface area contributed by atoms with Crippen molar-refractivity contribution < 1.29 is 13.9 Å². The summed E-state index contributed by atoms with van der Waals surface area (Å²) in [6.07, 6.45) is 3.63. The van der Waals surface area contributed by atoms with Crippen molar-refractivity contribution in [1.29, 1.82) is 0 Å². The van der Waals surface area contributed by atoms with Crippen LogP contribution in [0, 0.1) is 11.7 Å². The molecule has 1 aliphatic heterocycles. The van der Waals surface area contributed by atoms with Gasteiger partial charge in [-0.15, -0.1) is 0 Å². The van der Waals surface area contributed by atoms with Gasteiger partial charge in [0.15, 0.2) is 0 Å². The van der Waals surface area contributed by atoms with Gasteiger partial charge >= 0.3 is 5.97 Å². The van der Waals surface area contributed by atoms with E-state index in [0.717, 1.165) is 18.5 Å². The zero-order chi connectivity index (χ0) is 12.3. The SMILES string of the molecule is COC(=O)C1CCN(Cc2cncc(F)c2)C1.